The standard InChI is InChI=1S/C14H13BrCl2N2/c15-13-6-3-10(17)7-12(13)14(8-18)19-11-4-1-9(16)2-5-11/h1-7,14,19H,8,18H2. The highest BCUT2D eigenvalue weighted by molar-refractivity contribution is 9.10. The molecular formula is C14H13BrCl2N2. The van der Waals surface area contributed by atoms with Crippen LogP contribution in [0.15, 0.2) is 46.9 Å². The summed E-state index contributed by atoms with van der Waals surface area (Å²) >= 11 is 15.4. The Morgan fingerprint density at radius 3 is 2.32 bits per heavy atom. The molecule has 0 fully saturated rings. The first kappa shape index (κ1) is 14.7. The molecule has 0 aromatic heterocycles. The first-order valence-corrected chi connectivity index (χ1v) is 7.32. The second kappa shape index (κ2) is 6.62. The fraction of sp³-hybridized carbons (Fsp3) is 0.143. The minimum absolute atomic E-state index is 0.0192. The summed E-state index contributed by atoms with van der Waals surface area (Å²) in [6, 6.07) is 13.2. The summed E-state index contributed by atoms with van der Waals surface area (Å²) in [4.78, 5) is 0. The summed E-state index contributed by atoms with van der Waals surface area (Å²) in [6.07, 6.45) is 0. The predicted octanol–water partition coefficient (Wildman–Crippen LogP) is 4.87. The first-order valence-electron chi connectivity index (χ1n) is 5.77. The Morgan fingerprint density at radius 1 is 1.05 bits per heavy atom. The van der Waals surface area contributed by atoms with Crippen LogP contribution in [-0.4, -0.2) is 6.54 Å². The molecule has 0 spiro atoms. The molecule has 0 aliphatic heterocycles. The van der Waals surface area contributed by atoms with Gasteiger partial charge in [-0.1, -0.05) is 39.1 Å². The van der Waals surface area contributed by atoms with E-state index >= 15 is 0 Å². The van der Waals surface area contributed by atoms with Crippen LogP contribution in [0.3, 0.4) is 0 Å². The molecule has 0 bridgehead atoms. The van der Waals surface area contributed by atoms with E-state index < -0.39 is 0 Å². The number of nitrogens with two attached hydrogens (primary N) is 1. The van der Waals surface area contributed by atoms with Gasteiger partial charge in [0, 0.05) is 26.8 Å². The van der Waals surface area contributed by atoms with Crippen molar-refractivity contribution in [1.29, 1.82) is 0 Å². The monoisotopic (exact) mass is 358 g/mol. The maximum absolute atomic E-state index is 6.03. The van der Waals surface area contributed by atoms with Gasteiger partial charge in [0.25, 0.3) is 0 Å². The second-order valence-electron chi connectivity index (χ2n) is 4.11. The van der Waals surface area contributed by atoms with E-state index in [-0.39, 0.29) is 6.04 Å². The van der Waals surface area contributed by atoms with Gasteiger partial charge in [-0.25, -0.2) is 0 Å². The van der Waals surface area contributed by atoms with Crippen molar-refractivity contribution in [3.63, 3.8) is 0 Å². The highest BCUT2D eigenvalue weighted by atomic mass is 79.9. The second-order valence-corrected chi connectivity index (χ2v) is 5.83. The maximum Gasteiger partial charge on any atom is 0.0647 e. The molecule has 0 radical (unpaired) electrons. The van der Waals surface area contributed by atoms with E-state index in [1.807, 2.05) is 42.5 Å². The number of halogens is 3. The molecule has 0 aliphatic carbocycles. The largest absolute Gasteiger partial charge is 0.377 e. The lowest BCUT2D eigenvalue weighted by Crippen LogP contribution is -2.21. The lowest BCUT2D eigenvalue weighted by Gasteiger charge is -2.20. The van der Waals surface area contributed by atoms with E-state index in [1.165, 1.54) is 0 Å². The molecule has 2 aromatic carbocycles. The Bertz CT molecular complexity index is 558. The average Bonchev–Trinajstić information content (AvgIpc) is 2.41. The molecule has 0 aliphatic rings. The van der Waals surface area contributed by atoms with E-state index in [9.17, 15) is 0 Å². The van der Waals surface area contributed by atoms with Crippen molar-refractivity contribution in [1.82, 2.24) is 0 Å². The van der Waals surface area contributed by atoms with Crippen LogP contribution in [0.25, 0.3) is 0 Å². The number of rotatable bonds is 4. The lowest BCUT2D eigenvalue weighted by atomic mass is 10.1. The van der Waals surface area contributed by atoms with Gasteiger partial charge in [0.05, 0.1) is 6.04 Å². The molecule has 19 heavy (non-hydrogen) atoms. The fourth-order valence-corrected chi connectivity index (χ4v) is 2.62. The summed E-state index contributed by atoms with van der Waals surface area (Å²) in [5.74, 6) is 0. The highest BCUT2D eigenvalue weighted by Crippen LogP contribution is 2.29. The van der Waals surface area contributed by atoms with Crippen molar-refractivity contribution in [2.75, 3.05) is 11.9 Å². The molecule has 0 amide bonds. The number of anilines is 1. The van der Waals surface area contributed by atoms with Crippen molar-refractivity contribution in [2.45, 2.75) is 6.04 Å². The van der Waals surface area contributed by atoms with Crippen LogP contribution in [0, 0.1) is 0 Å². The van der Waals surface area contributed by atoms with Crippen LogP contribution in [0.4, 0.5) is 5.69 Å². The number of hydrogen-bond donors (Lipinski definition) is 2. The molecule has 3 N–H and O–H groups in total. The third-order valence-corrected chi connectivity index (χ3v) is 3.96. The average molecular weight is 360 g/mol. The Labute approximate surface area is 131 Å². The number of hydrogen-bond acceptors (Lipinski definition) is 2. The molecule has 0 saturated carbocycles. The number of nitrogens with one attached hydrogen (secondary N) is 1. The van der Waals surface area contributed by atoms with E-state index in [1.54, 1.807) is 0 Å². The van der Waals surface area contributed by atoms with E-state index in [0.717, 1.165) is 15.7 Å². The van der Waals surface area contributed by atoms with Gasteiger partial charge in [-0.2, -0.15) is 0 Å². The number of benzene rings is 2. The van der Waals surface area contributed by atoms with Crippen LogP contribution < -0.4 is 11.1 Å². The van der Waals surface area contributed by atoms with Gasteiger partial charge in [0.15, 0.2) is 0 Å². The van der Waals surface area contributed by atoms with Crippen molar-refractivity contribution >= 4 is 44.8 Å². The SMILES string of the molecule is NCC(Nc1ccc(Cl)cc1)c1cc(Cl)ccc1Br. The predicted molar refractivity (Wildman–Crippen MR) is 86.0 cm³/mol. The van der Waals surface area contributed by atoms with Gasteiger partial charge < -0.3 is 11.1 Å². The highest BCUT2D eigenvalue weighted by Gasteiger charge is 2.13. The van der Waals surface area contributed by atoms with E-state index in [0.29, 0.717) is 16.6 Å². The fourth-order valence-electron chi connectivity index (χ4n) is 1.79. The maximum atomic E-state index is 6.03. The summed E-state index contributed by atoms with van der Waals surface area (Å²) in [5, 5.41) is 4.76. The summed E-state index contributed by atoms with van der Waals surface area (Å²) in [6.45, 7) is 0.460. The molecule has 2 rings (SSSR count). The minimum atomic E-state index is -0.0192. The summed E-state index contributed by atoms with van der Waals surface area (Å²) < 4.78 is 0.980. The third-order valence-electron chi connectivity index (χ3n) is 2.75. The molecule has 1 unspecified atom stereocenters. The van der Waals surface area contributed by atoms with Gasteiger partial charge in [0.1, 0.15) is 0 Å². The van der Waals surface area contributed by atoms with Crippen LogP contribution in [0.5, 0.6) is 0 Å². The van der Waals surface area contributed by atoms with E-state index in [4.69, 9.17) is 28.9 Å². The molecule has 5 heteroatoms. The minimum Gasteiger partial charge on any atom is -0.377 e. The van der Waals surface area contributed by atoms with Crippen molar-refractivity contribution in [3.8, 4) is 0 Å². The molecule has 1 atom stereocenters. The van der Waals surface area contributed by atoms with Gasteiger partial charge in [-0.3, -0.25) is 0 Å². The Balaban J connectivity index is 2.24. The zero-order chi connectivity index (χ0) is 13.8. The Hall–Kier alpha value is -0.740. The van der Waals surface area contributed by atoms with Crippen molar-refractivity contribution in [2.24, 2.45) is 5.73 Å². The van der Waals surface area contributed by atoms with Gasteiger partial charge in [-0.15, -0.1) is 0 Å². The van der Waals surface area contributed by atoms with Gasteiger partial charge in [0.2, 0.25) is 0 Å². The van der Waals surface area contributed by atoms with Gasteiger partial charge in [-0.05, 0) is 48.0 Å². The topological polar surface area (TPSA) is 38.0 Å². The van der Waals surface area contributed by atoms with Gasteiger partial charge >= 0.3 is 0 Å². The summed E-state index contributed by atoms with van der Waals surface area (Å²) in [5.41, 5.74) is 7.85. The van der Waals surface area contributed by atoms with Crippen molar-refractivity contribution < 1.29 is 0 Å². The smallest absolute Gasteiger partial charge is 0.0647 e. The zero-order valence-corrected chi connectivity index (χ0v) is 13.1. The lowest BCUT2D eigenvalue weighted by molar-refractivity contribution is 0.786. The van der Waals surface area contributed by atoms with E-state index in [2.05, 4.69) is 21.2 Å². The molecule has 0 saturated heterocycles. The zero-order valence-electron chi connectivity index (χ0n) is 10.0. The molecule has 0 heterocycles. The van der Waals surface area contributed by atoms with Crippen LogP contribution >= 0.6 is 39.1 Å². The Kier molecular flexibility index (Phi) is 5.11. The normalized spacial score (nSPS) is 12.2. The molecule has 2 nitrogen and oxygen atoms in total. The first-order chi connectivity index (χ1) is 9.10. The third kappa shape index (κ3) is 3.86. The molecule has 2 aromatic rings. The quantitative estimate of drug-likeness (QED) is 0.817. The van der Waals surface area contributed by atoms with Crippen LogP contribution in [0.1, 0.15) is 11.6 Å². The van der Waals surface area contributed by atoms with Crippen LogP contribution in [0.2, 0.25) is 10.0 Å². The van der Waals surface area contributed by atoms with Crippen molar-refractivity contribution in [3.05, 3.63) is 62.5 Å². The molecular weight excluding hydrogens is 347 g/mol. The Morgan fingerprint density at radius 2 is 1.68 bits per heavy atom. The molecule has 100 valence electrons. The summed E-state index contributed by atoms with van der Waals surface area (Å²) in [7, 11) is 0. The van der Waals surface area contributed by atoms with Crippen LogP contribution in [-0.2, 0) is 0 Å².